The standard InChI is InChI=1S/C16H11N3O4S/c20-14-10-3-1-2-4-11(10)15(21)19(14)18-16(24)17-9-5-6-12-13(7-9)23-8-22-12/h1-7H,8H2,(H2,17,18,24). The highest BCUT2D eigenvalue weighted by atomic mass is 32.1. The zero-order chi connectivity index (χ0) is 16.7. The van der Waals surface area contributed by atoms with E-state index in [0.29, 0.717) is 28.3 Å². The molecule has 8 heteroatoms. The Morgan fingerprint density at radius 1 is 1.00 bits per heavy atom. The van der Waals surface area contributed by atoms with E-state index >= 15 is 0 Å². The van der Waals surface area contributed by atoms with Crippen molar-refractivity contribution < 1.29 is 19.1 Å². The fraction of sp³-hybridized carbons (Fsp3) is 0.0625. The van der Waals surface area contributed by atoms with Crippen molar-refractivity contribution in [3.8, 4) is 11.5 Å². The molecule has 7 nitrogen and oxygen atoms in total. The molecule has 0 spiro atoms. The number of imide groups is 1. The van der Waals surface area contributed by atoms with Crippen LogP contribution in [0.15, 0.2) is 42.5 Å². The van der Waals surface area contributed by atoms with Gasteiger partial charge in [0.2, 0.25) is 6.79 Å². The van der Waals surface area contributed by atoms with Gasteiger partial charge in [-0.3, -0.25) is 15.0 Å². The highest BCUT2D eigenvalue weighted by molar-refractivity contribution is 7.80. The Labute approximate surface area is 142 Å². The second-order valence-electron chi connectivity index (χ2n) is 5.13. The summed E-state index contributed by atoms with van der Waals surface area (Å²) in [7, 11) is 0. The summed E-state index contributed by atoms with van der Waals surface area (Å²) in [5.74, 6) is 0.374. The van der Waals surface area contributed by atoms with E-state index < -0.39 is 11.8 Å². The number of anilines is 1. The van der Waals surface area contributed by atoms with Gasteiger partial charge >= 0.3 is 0 Å². The normalized spacial score (nSPS) is 14.6. The quantitative estimate of drug-likeness (QED) is 0.638. The zero-order valence-electron chi connectivity index (χ0n) is 12.2. The van der Waals surface area contributed by atoms with Crippen LogP contribution in [0.25, 0.3) is 0 Å². The third kappa shape index (κ3) is 2.33. The van der Waals surface area contributed by atoms with Gasteiger partial charge in [0.15, 0.2) is 16.6 Å². The minimum Gasteiger partial charge on any atom is -0.454 e. The largest absolute Gasteiger partial charge is 0.454 e. The molecule has 2 amide bonds. The van der Waals surface area contributed by atoms with Crippen molar-refractivity contribution in [2.45, 2.75) is 0 Å². The summed E-state index contributed by atoms with van der Waals surface area (Å²) in [6, 6.07) is 11.8. The Bertz CT molecular complexity index is 848. The molecule has 24 heavy (non-hydrogen) atoms. The molecule has 0 radical (unpaired) electrons. The van der Waals surface area contributed by atoms with Gasteiger partial charge < -0.3 is 14.8 Å². The first kappa shape index (κ1) is 14.5. The predicted octanol–water partition coefficient (Wildman–Crippen LogP) is 1.91. The van der Waals surface area contributed by atoms with E-state index in [2.05, 4.69) is 10.7 Å². The third-order valence-corrected chi connectivity index (χ3v) is 3.83. The molecule has 2 aliphatic heterocycles. The van der Waals surface area contributed by atoms with Crippen LogP contribution in [0.1, 0.15) is 20.7 Å². The smallest absolute Gasteiger partial charge is 0.280 e. The predicted molar refractivity (Wildman–Crippen MR) is 88.9 cm³/mol. The number of hydrogen-bond donors (Lipinski definition) is 2. The van der Waals surface area contributed by atoms with Crippen molar-refractivity contribution in [3.63, 3.8) is 0 Å². The second kappa shape index (κ2) is 5.50. The van der Waals surface area contributed by atoms with Gasteiger partial charge in [-0.15, -0.1) is 0 Å². The lowest BCUT2D eigenvalue weighted by Gasteiger charge is -2.18. The molecule has 0 fully saturated rings. The van der Waals surface area contributed by atoms with Gasteiger partial charge in [0.25, 0.3) is 11.8 Å². The molecule has 2 aliphatic rings. The van der Waals surface area contributed by atoms with Crippen LogP contribution in [0, 0.1) is 0 Å². The summed E-state index contributed by atoms with van der Waals surface area (Å²) >= 11 is 5.18. The number of nitrogens with one attached hydrogen (secondary N) is 2. The van der Waals surface area contributed by atoms with Crippen LogP contribution in [0.5, 0.6) is 11.5 Å². The molecule has 0 aliphatic carbocycles. The summed E-state index contributed by atoms with van der Waals surface area (Å²) in [5.41, 5.74) is 3.97. The fourth-order valence-corrected chi connectivity index (χ4v) is 2.73. The lowest BCUT2D eigenvalue weighted by atomic mass is 10.1. The van der Waals surface area contributed by atoms with Crippen LogP contribution in [0.4, 0.5) is 5.69 Å². The van der Waals surface area contributed by atoms with E-state index in [-0.39, 0.29) is 11.9 Å². The molecule has 2 aromatic rings. The van der Waals surface area contributed by atoms with Crippen LogP contribution in [-0.4, -0.2) is 28.7 Å². The van der Waals surface area contributed by atoms with Crippen molar-refractivity contribution >= 4 is 34.8 Å². The van der Waals surface area contributed by atoms with Crippen molar-refractivity contribution in [2.75, 3.05) is 12.1 Å². The topological polar surface area (TPSA) is 79.9 Å². The molecule has 2 heterocycles. The highest BCUT2D eigenvalue weighted by Gasteiger charge is 2.36. The summed E-state index contributed by atoms with van der Waals surface area (Å²) in [4.78, 5) is 24.5. The van der Waals surface area contributed by atoms with Crippen molar-refractivity contribution in [1.29, 1.82) is 0 Å². The van der Waals surface area contributed by atoms with Gasteiger partial charge in [0.1, 0.15) is 0 Å². The number of carbonyl (C=O) groups is 2. The number of thiocarbonyl (C=S) groups is 1. The second-order valence-corrected chi connectivity index (χ2v) is 5.53. The Morgan fingerprint density at radius 2 is 1.67 bits per heavy atom. The maximum absolute atomic E-state index is 12.3. The minimum atomic E-state index is -0.439. The highest BCUT2D eigenvalue weighted by Crippen LogP contribution is 2.34. The van der Waals surface area contributed by atoms with E-state index in [4.69, 9.17) is 21.7 Å². The first-order chi connectivity index (χ1) is 11.6. The number of fused-ring (bicyclic) bond motifs is 2. The summed E-state index contributed by atoms with van der Waals surface area (Å²) in [5, 5.41) is 3.92. The molecule has 0 unspecified atom stereocenters. The average molecular weight is 341 g/mol. The molecule has 0 bridgehead atoms. The molecule has 0 saturated carbocycles. The van der Waals surface area contributed by atoms with Crippen LogP contribution < -0.4 is 20.2 Å². The SMILES string of the molecule is O=C1c2ccccc2C(=O)N1NC(=S)Nc1ccc2c(c1)OCO2. The Kier molecular flexibility index (Phi) is 3.31. The lowest BCUT2D eigenvalue weighted by Crippen LogP contribution is -2.47. The summed E-state index contributed by atoms with van der Waals surface area (Å²) in [6.07, 6.45) is 0. The molecular weight excluding hydrogens is 330 g/mol. The van der Waals surface area contributed by atoms with Crippen LogP contribution >= 0.6 is 12.2 Å². The zero-order valence-corrected chi connectivity index (χ0v) is 13.1. The van der Waals surface area contributed by atoms with E-state index in [0.717, 1.165) is 5.01 Å². The first-order valence-electron chi connectivity index (χ1n) is 7.08. The molecule has 2 aromatic carbocycles. The lowest BCUT2D eigenvalue weighted by molar-refractivity contribution is 0.0613. The molecular formula is C16H11N3O4S. The van der Waals surface area contributed by atoms with Crippen LogP contribution in [0.2, 0.25) is 0 Å². The fourth-order valence-electron chi connectivity index (χ4n) is 2.53. The minimum absolute atomic E-state index is 0.114. The van der Waals surface area contributed by atoms with Gasteiger partial charge in [-0.25, -0.2) is 0 Å². The Morgan fingerprint density at radius 3 is 2.38 bits per heavy atom. The van der Waals surface area contributed by atoms with E-state index in [1.807, 2.05) is 0 Å². The van der Waals surface area contributed by atoms with Gasteiger partial charge in [0, 0.05) is 11.8 Å². The van der Waals surface area contributed by atoms with Gasteiger partial charge in [-0.1, -0.05) is 12.1 Å². The van der Waals surface area contributed by atoms with Crippen LogP contribution in [-0.2, 0) is 0 Å². The van der Waals surface area contributed by atoms with Gasteiger partial charge in [-0.05, 0) is 36.5 Å². The average Bonchev–Trinajstić information content (AvgIpc) is 3.14. The van der Waals surface area contributed by atoms with Crippen LogP contribution in [0.3, 0.4) is 0 Å². The van der Waals surface area contributed by atoms with Crippen molar-refractivity contribution in [3.05, 3.63) is 53.6 Å². The van der Waals surface area contributed by atoms with E-state index in [1.165, 1.54) is 0 Å². The van der Waals surface area contributed by atoms with Crippen molar-refractivity contribution in [2.24, 2.45) is 0 Å². The van der Waals surface area contributed by atoms with E-state index in [9.17, 15) is 9.59 Å². The van der Waals surface area contributed by atoms with Crippen molar-refractivity contribution in [1.82, 2.24) is 10.4 Å². The number of amides is 2. The number of benzene rings is 2. The number of rotatable bonds is 2. The number of carbonyl (C=O) groups excluding carboxylic acids is 2. The molecule has 120 valence electrons. The number of nitrogens with zero attached hydrogens (tertiary/aromatic N) is 1. The maximum atomic E-state index is 12.3. The molecule has 4 rings (SSSR count). The molecule has 0 aromatic heterocycles. The van der Waals surface area contributed by atoms with Gasteiger partial charge in [0.05, 0.1) is 11.1 Å². The Hall–Kier alpha value is -3.13. The number of ether oxygens (including phenoxy) is 2. The molecule has 2 N–H and O–H groups in total. The van der Waals surface area contributed by atoms with E-state index in [1.54, 1.807) is 42.5 Å². The third-order valence-electron chi connectivity index (χ3n) is 3.64. The maximum Gasteiger partial charge on any atom is 0.280 e. The monoisotopic (exact) mass is 341 g/mol. The number of hydrazine groups is 1. The first-order valence-corrected chi connectivity index (χ1v) is 7.49. The number of hydrogen-bond acceptors (Lipinski definition) is 5. The summed E-state index contributed by atoms with van der Waals surface area (Å²) in [6.45, 7) is 0.177. The van der Waals surface area contributed by atoms with Gasteiger partial charge in [-0.2, -0.15) is 5.01 Å². The Balaban J connectivity index is 1.47. The molecule has 0 saturated heterocycles. The summed E-state index contributed by atoms with van der Waals surface area (Å²) < 4.78 is 10.5. The molecule has 0 atom stereocenters.